The van der Waals surface area contributed by atoms with Gasteiger partial charge in [0.25, 0.3) is 5.56 Å². The maximum Gasteiger partial charge on any atom is 0.280 e. The van der Waals surface area contributed by atoms with Gasteiger partial charge in [-0.2, -0.15) is 0 Å². The van der Waals surface area contributed by atoms with Crippen molar-refractivity contribution >= 4 is 22.7 Å². The van der Waals surface area contributed by atoms with Crippen molar-refractivity contribution in [1.29, 1.82) is 0 Å². The summed E-state index contributed by atoms with van der Waals surface area (Å²) in [5, 5.41) is 0.676. The number of benzene rings is 2. The highest BCUT2D eigenvalue weighted by Gasteiger charge is 2.11. The number of halogens is 1. The van der Waals surface area contributed by atoms with E-state index in [-0.39, 0.29) is 5.56 Å². The number of nitrogens with two attached hydrogens (primary N) is 1. The second kappa shape index (κ2) is 5.81. The van der Waals surface area contributed by atoms with E-state index >= 15 is 0 Å². The summed E-state index contributed by atoms with van der Waals surface area (Å²) in [5.74, 6) is 6.03. The molecule has 4 nitrogen and oxygen atoms in total. The smallest absolute Gasteiger partial charge is 0.280 e. The Morgan fingerprint density at radius 1 is 1.27 bits per heavy atom. The molecule has 0 spiro atoms. The normalized spacial score (nSPS) is 11.0. The summed E-state index contributed by atoms with van der Waals surface area (Å²) in [6.07, 6.45) is 0. The van der Waals surface area contributed by atoms with Gasteiger partial charge in [0, 0.05) is 11.8 Å². The molecule has 0 aliphatic carbocycles. The van der Waals surface area contributed by atoms with Gasteiger partial charge in [0.2, 0.25) is 0 Å². The number of hydrogen-bond acceptors (Lipinski definition) is 4. The monoisotopic (exact) mass is 315 g/mol. The predicted molar refractivity (Wildman–Crippen MR) is 86.9 cm³/mol. The van der Waals surface area contributed by atoms with Crippen molar-refractivity contribution in [2.45, 2.75) is 17.8 Å². The van der Waals surface area contributed by atoms with Crippen LogP contribution in [0.4, 0.5) is 4.39 Å². The molecule has 0 aliphatic rings. The lowest BCUT2D eigenvalue weighted by molar-refractivity contribution is 0.628. The number of thioether (sulfide) groups is 1. The molecule has 112 valence electrons. The lowest BCUT2D eigenvalue weighted by Gasteiger charge is -2.09. The summed E-state index contributed by atoms with van der Waals surface area (Å²) in [4.78, 5) is 16.5. The average molecular weight is 315 g/mol. The molecule has 0 amide bonds. The van der Waals surface area contributed by atoms with Crippen molar-refractivity contribution in [1.82, 2.24) is 9.66 Å². The molecule has 1 heterocycles. The molecule has 6 heteroatoms. The molecule has 3 aromatic rings. The lowest BCUT2D eigenvalue weighted by atomic mass is 10.1. The van der Waals surface area contributed by atoms with Gasteiger partial charge in [-0.3, -0.25) is 4.79 Å². The van der Waals surface area contributed by atoms with Gasteiger partial charge >= 0.3 is 0 Å². The average Bonchev–Trinajstić information content (AvgIpc) is 2.50. The Labute approximate surface area is 130 Å². The van der Waals surface area contributed by atoms with Gasteiger partial charge < -0.3 is 5.84 Å². The molecule has 22 heavy (non-hydrogen) atoms. The standard InChI is InChI=1S/C16H14FN3OS/c1-10-4-2-3-5-11(10)9-22-16-19-14-8-12(17)6-7-13(14)15(21)20(16)18/h2-8H,9,18H2,1H3. The molecule has 2 aromatic carbocycles. The van der Waals surface area contributed by atoms with Crippen LogP contribution < -0.4 is 11.4 Å². The number of hydrogen-bond donors (Lipinski definition) is 1. The predicted octanol–water partition coefficient (Wildman–Crippen LogP) is 2.85. The number of nitrogen functional groups attached to an aromatic ring is 1. The van der Waals surface area contributed by atoms with Crippen molar-refractivity contribution < 1.29 is 4.39 Å². The number of aryl methyl sites for hydroxylation is 1. The lowest BCUT2D eigenvalue weighted by Crippen LogP contribution is -2.29. The Morgan fingerprint density at radius 3 is 2.82 bits per heavy atom. The molecule has 1 aromatic heterocycles. The Morgan fingerprint density at radius 2 is 2.05 bits per heavy atom. The van der Waals surface area contributed by atoms with Crippen molar-refractivity contribution in [2.75, 3.05) is 5.84 Å². The van der Waals surface area contributed by atoms with E-state index in [4.69, 9.17) is 5.84 Å². The Hall–Kier alpha value is -2.34. The summed E-state index contributed by atoms with van der Waals surface area (Å²) in [7, 11) is 0. The Kier molecular flexibility index (Phi) is 3.85. The van der Waals surface area contributed by atoms with E-state index in [0.29, 0.717) is 21.8 Å². The van der Waals surface area contributed by atoms with E-state index in [9.17, 15) is 9.18 Å². The van der Waals surface area contributed by atoms with Crippen molar-refractivity contribution in [3.05, 3.63) is 69.8 Å². The van der Waals surface area contributed by atoms with Crippen LogP contribution in [0.25, 0.3) is 10.9 Å². The fourth-order valence-corrected chi connectivity index (χ4v) is 3.16. The number of aromatic nitrogens is 2. The number of fused-ring (bicyclic) bond motifs is 1. The molecule has 0 saturated heterocycles. The third-order valence-corrected chi connectivity index (χ3v) is 4.45. The largest absolute Gasteiger partial charge is 0.334 e. The zero-order chi connectivity index (χ0) is 15.7. The van der Waals surface area contributed by atoms with Crippen molar-refractivity contribution in [3.63, 3.8) is 0 Å². The fourth-order valence-electron chi connectivity index (χ4n) is 2.17. The Balaban J connectivity index is 1.99. The summed E-state index contributed by atoms with van der Waals surface area (Å²) < 4.78 is 14.3. The first-order valence-corrected chi connectivity index (χ1v) is 7.69. The van der Waals surface area contributed by atoms with Gasteiger partial charge in [0.15, 0.2) is 5.16 Å². The molecule has 0 saturated carbocycles. The second-order valence-electron chi connectivity index (χ2n) is 4.95. The third-order valence-electron chi connectivity index (χ3n) is 3.45. The maximum absolute atomic E-state index is 13.3. The van der Waals surface area contributed by atoms with Crippen molar-refractivity contribution in [2.24, 2.45) is 0 Å². The van der Waals surface area contributed by atoms with Gasteiger partial charge in [-0.1, -0.05) is 36.0 Å². The van der Waals surface area contributed by atoms with E-state index in [1.54, 1.807) is 0 Å². The van der Waals surface area contributed by atoms with E-state index in [0.717, 1.165) is 15.8 Å². The van der Waals surface area contributed by atoms with E-state index in [1.807, 2.05) is 31.2 Å². The van der Waals surface area contributed by atoms with Gasteiger partial charge in [-0.15, -0.1) is 0 Å². The second-order valence-corrected chi connectivity index (χ2v) is 5.89. The molecule has 0 aliphatic heterocycles. The van der Waals surface area contributed by atoms with Crippen LogP contribution in [0.5, 0.6) is 0 Å². The molecule has 0 atom stereocenters. The highest BCUT2D eigenvalue weighted by molar-refractivity contribution is 7.98. The van der Waals surface area contributed by atoms with Gasteiger partial charge in [0.05, 0.1) is 10.9 Å². The summed E-state index contributed by atoms with van der Waals surface area (Å²) in [6.45, 7) is 2.02. The molecule has 0 radical (unpaired) electrons. The van der Waals surface area contributed by atoms with E-state index in [2.05, 4.69) is 4.98 Å². The van der Waals surface area contributed by atoms with E-state index in [1.165, 1.54) is 30.0 Å². The highest BCUT2D eigenvalue weighted by atomic mass is 32.2. The maximum atomic E-state index is 13.3. The van der Waals surface area contributed by atoms with Crippen LogP contribution in [-0.4, -0.2) is 9.66 Å². The zero-order valence-electron chi connectivity index (χ0n) is 11.9. The van der Waals surface area contributed by atoms with Gasteiger partial charge in [-0.05, 0) is 30.2 Å². The fraction of sp³-hybridized carbons (Fsp3) is 0.125. The minimum Gasteiger partial charge on any atom is -0.334 e. The van der Waals surface area contributed by atoms with Crippen LogP contribution in [-0.2, 0) is 5.75 Å². The van der Waals surface area contributed by atoms with E-state index < -0.39 is 5.82 Å². The molecule has 0 fully saturated rings. The highest BCUT2D eigenvalue weighted by Crippen LogP contribution is 2.22. The quantitative estimate of drug-likeness (QED) is 0.459. The third kappa shape index (κ3) is 2.69. The summed E-state index contributed by atoms with van der Waals surface area (Å²) in [5.41, 5.74) is 2.24. The van der Waals surface area contributed by atoms with Gasteiger partial charge in [0.1, 0.15) is 5.82 Å². The van der Waals surface area contributed by atoms with Crippen LogP contribution in [0.1, 0.15) is 11.1 Å². The molecule has 3 rings (SSSR count). The first-order valence-electron chi connectivity index (χ1n) is 6.71. The SMILES string of the molecule is Cc1ccccc1CSc1nc2cc(F)ccc2c(=O)n1N. The minimum atomic E-state index is -0.427. The van der Waals surface area contributed by atoms with Crippen LogP contribution in [0.3, 0.4) is 0 Å². The molecule has 0 bridgehead atoms. The van der Waals surface area contributed by atoms with Gasteiger partial charge in [-0.25, -0.2) is 14.1 Å². The first-order chi connectivity index (χ1) is 10.6. The van der Waals surface area contributed by atoms with Crippen LogP contribution in [0.2, 0.25) is 0 Å². The molecular weight excluding hydrogens is 301 g/mol. The molecule has 0 unspecified atom stereocenters. The molecule has 2 N–H and O–H groups in total. The van der Waals surface area contributed by atoms with Crippen LogP contribution in [0.15, 0.2) is 52.4 Å². The van der Waals surface area contributed by atoms with Crippen LogP contribution >= 0.6 is 11.8 Å². The minimum absolute atomic E-state index is 0.309. The summed E-state index contributed by atoms with van der Waals surface area (Å²) in [6, 6.07) is 11.8. The number of rotatable bonds is 3. The zero-order valence-corrected chi connectivity index (χ0v) is 12.7. The van der Waals surface area contributed by atoms with Crippen LogP contribution in [0, 0.1) is 12.7 Å². The summed E-state index contributed by atoms with van der Waals surface area (Å²) >= 11 is 1.35. The van der Waals surface area contributed by atoms with Crippen molar-refractivity contribution in [3.8, 4) is 0 Å². The Bertz CT molecular complexity index is 908. The first kappa shape index (κ1) is 14.6. The topological polar surface area (TPSA) is 60.9 Å². The number of nitrogens with zero attached hydrogens (tertiary/aromatic N) is 2. The molecular formula is C16H14FN3OS.